The minimum atomic E-state index is 0.210. The molecule has 0 saturated heterocycles. The van der Waals surface area contributed by atoms with Crippen molar-refractivity contribution >= 4 is 45.0 Å². The molecule has 2 saturated carbocycles. The summed E-state index contributed by atoms with van der Waals surface area (Å²) in [6.45, 7) is 9.13. The van der Waals surface area contributed by atoms with Crippen LogP contribution in [0.4, 0.5) is 0 Å². The minimum absolute atomic E-state index is 0.210. The molecule has 6 atom stereocenters. The van der Waals surface area contributed by atoms with E-state index >= 15 is 0 Å². The van der Waals surface area contributed by atoms with E-state index in [0.29, 0.717) is 16.6 Å². The van der Waals surface area contributed by atoms with Crippen LogP contribution in [0.25, 0.3) is 5.57 Å². The first-order valence-electron chi connectivity index (χ1n) is 12.8. The first-order chi connectivity index (χ1) is 16.0. The van der Waals surface area contributed by atoms with Crippen LogP contribution in [0.5, 0.6) is 0 Å². The average Bonchev–Trinajstić information content (AvgIpc) is 3.21. The zero-order chi connectivity index (χ0) is 23.6. The number of halogens is 1. The van der Waals surface area contributed by atoms with E-state index in [-0.39, 0.29) is 4.77 Å². The van der Waals surface area contributed by atoms with Gasteiger partial charge in [0.2, 0.25) is 0 Å². The molecule has 0 radical (unpaired) electrons. The minimum Gasteiger partial charge on any atom is -0.340 e. The van der Waals surface area contributed by atoms with E-state index in [4.69, 9.17) is 8.28 Å². The highest BCUT2D eigenvalue weighted by Gasteiger charge is 2.57. The standard InChI is InChI=1S/C25H33BINO2S.C2H6/c1-24-12-10-19(26(27)30-31-29-3)15-18(24)6-7-20-22-9-8-21(17-5-4-14-28-16-17)25(22,2)13-11-23(20)24;1-2/h4-6,8,14,16,19-20,22-23H,7,9-13,15H2,1-3H3;1-2H3. The van der Waals surface area contributed by atoms with E-state index in [9.17, 15) is 0 Å². The fourth-order valence-corrected chi connectivity index (χ4v) is 8.78. The van der Waals surface area contributed by atoms with Gasteiger partial charge in [-0.05, 0) is 90.1 Å². The second-order valence-corrected chi connectivity index (χ2v) is 12.4. The smallest absolute Gasteiger partial charge is 0.340 e. The Kier molecular flexibility index (Phi) is 8.40. The van der Waals surface area contributed by atoms with Crippen molar-refractivity contribution in [3.63, 3.8) is 0 Å². The van der Waals surface area contributed by atoms with Gasteiger partial charge in [0.1, 0.15) is 12.3 Å². The monoisotopic (exact) mass is 579 g/mol. The second-order valence-electron chi connectivity index (χ2n) is 10.5. The molecule has 180 valence electrons. The molecule has 0 N–H and O–H groups in total. The van der Waals surface area contributed by atoms with Crippen LogP contribution in [0.3, 0.4) is 0 Å². The summed E-state index contributed by atoms with van der Waals surface area (Å²) in [5, 5.41) is 0. The van der Waals surface area contributed by atoms with Crippen molar-refractivity contribution in [2.24, 2.45) is 28.6 Å². The van der Waals surface area contributed by atoms with Gasteiger partial charge in [-0.25, -0.2) is 0 Å². The Morgan fingerprint density at radius 1 is 1.09 bits per heavy atom. The molecule has 5 rings (SSSR count). The van der Waals surface area contributed by atoms with Crippen molar-refractivity contribution in [3.8, 4) is 0 Å². The van der Waals surface area contributed by atoms with Crippen LogP contribution in [0.15, 0.2) is 42.3 Å². The first kappa shape index (κ1) is 25.8. The van der Waals surface area contributed by atoms with Gasteiger partial charge in [0.15, 0.2) is 0 Å². The molecule has 1 heterocycles. The molecule has 0 amide bonds. The van der Waals surface area contributed by atoms with Crippen molar-refractivity contribution in [3.05, 3.63) is 47.8 Å². The molecule has 1 aromatic rings. The van der Waals surface area contributed by atoms with Crippen molar-refractivity contribution in [2.45, 2.75) is 78.5 Å². The Morgan fingerprint density at radius 2 is 1.88 bits per heavy atom. The van der Waals surface area contributed by atoms with E-state index < -0.39 is 0 Å². The molecule has 4 aliphatic rings. The number of allylic oxidation sites excluding steroid dienone is 4. The van der Waals surface area contributed by atoms with E-state index in [0.717, 1.165) is 30.1 Å². The molecular formula is C27H39BINO2S. The number of pyridine rings is 1. The van der Waals surface area contributed by atoms with Crippen molar-refractivity contribution in [1.29, 1.82) is 0 Å². The maximum Gasteiger partial charge on any atom is 0.386 e. The van der Waals surface area contributed by atoms with Crippen molar-refractivity contribution < 1.29 is 8.28 Å². The van der Waals surface area contributed by atoms with Crippen LogP contribution in [0, 0.1) is 28.6 Å². The number of nitrogens with zero attached hydrogens (tertiary/aromatic N) is 1. The van der Waals surface area contributed by atoms with Gasteiger partial charge in [0, 0.05) is 12.4 Å². The Labute approximate surface area is 219 Å². The largest absolute Gasteiger partial charge is 0.386 e. The number of aromatic nitrogens is 1. The number of fused-ring (bicyclic) bond motifs is 5. The van der Waals surface area contributed by atoms with Gasteiger partial charge in [0.05, 0.1) is 7.11 Å². The lowest BCUT2D eigenvalue weighted by Gasteiger charge is -2.58. The summed E-state index contributed by atoms with van der Waals surface area (Å²) in [6, 6.07) is 4.34. The lowest BCUT2D eigenvalue weighted by atomic mass is 9.45. The number of hydrogen-bond donors (Lipinski definition) is 0. The molecule has 6 heteroatoms. The fraction of sp³-hybridized carbons (Fsp3) is 0.667. The van der Waals surface area contributed by atoms with Crippen LogP contribution in [-0.4, -0.2) is 16.9 Å². The van der Waals surface area contributed by atoms with E-state index in [2.05, 4.69) is 71.7 Å². The Hall–Kier alpha value is -0.305. The average molecular weight is 579 g/mol. The summed E-state index contributed by atoms with van der Waals surface area (Å²) >= 11 is 3.58. The van der Waals surface area contributed by atoms with E-state index in [1.807, 2.05) is 20.0 Å². The van der Waals surface area contributed by atoms with Crippen molar-refractivity contribution in [2.75, 3.05) is 7.11 Å². The Morgan fingerprint density at radius 3 is 2.61 bits per heavy atom. The Bertz CT molecular complexity index is 880. The summed E-state index contributed by atoms with van der Waals surface area (Å²) in [6.07, 6.45) is 18.1. The molecule has 3 nitrogen and oxygen atoms in total. The summed E-state index contributed by atoms with van der Waals surface area (Å²) < 4.78 is 11.1. The summed E-state index contributed by atoms with van der Waals surface area (Å²) in [7, 11) is 1.67. The zero-order valence-electron chi connectivity index (χ0n) is 20.9. The Balaban J connectivity index is 0.00000126. The van der Waals surface area contributed by atoms with E-state index in [1.165, 1.54) is 50.5 Å². The molecule has 0 aromatic carbocycles. The molecular weight excluding hydrogens is 540 g/mol. The molecule has 0 bridgehead atoms. The lowest BCUT2D eigenvalue weighted by molar-refractivity contribution is -0.00995. The highest BCUT2D eigenvalue weighted by Crippen LogP contribution is 2.67. The molecule has 33 heavy (non-hydrogen) atoms. The third-order valence-electron chi connectivity index (χ3n) is 9.27. The molecule has 0 aliphatic heterocycles. The maximum atomic E-state index is 5.82. The normalized spacial score (nSPS) is 36.9. The summed E-state index contributed by atoms with van der Waals surface area (Å²) in [5.41, 5.74) is 5.31. The van der Waals surface area contributed by atoms with Gasteiger partial charge in [0.25, 0.3) is 0 Å². The van der Waals surface area contributed by atoms with Crippen LogP contribution < -0.4 is 0 Å². The first-order valence-corrected chi connectivity index (χ1v) is 14.7. The predicted octanol–water partition coefficient (Wildman–Crippen LogP) is 8.58. The van der Waals surface area contributed by atoms with Gasteiger partial charge in [-0.2, -0.15) is 0 Å². The van der Waals surface area contributed by atoms with Gasteiger partial charge >= 0.3 is 4.77 Å². The molecule has 4 aliphatic carbocycles. The third kappa shape index (κ3) is 4.63. The predicted molar refractivity (Wildman–Crippen MR) is 150 cm³/mol. The SMILES string of the molecule is CC.COSOB(I)C1CCC2(C)C(=CCC3C2CCC2(C)C(c4cccnc4)=CCC32)C1. The van der Waals surface area contributed by atoms with Gasteiger partial charge in [-0.15, -0.1) is 22.4 Å². The van der Waals surface area contributed by atoms with Crippen molar-refractivity contribution in [1.82, 2.24) is 4.98 Å². The zero-order valence-corrected chi connectivity index (χ0v) is 23.8. The molecule has 6 unspecified atom stereocenters. The van der Waals surface area contributed by atoms with Crippen LogP contribution >= 0.6 is 34.7 Å². The maximum absolute atomic E-state index is 5.82. The van der Waals surface area contributed by atoms with Gasteiger partial charge in [-0.3, -0.25) is 9.17 Å². The van der Waals surface area contributed by atoms with Crippen LogP contribution in [0.1, 0.15) is 78.2 Å². The molecule has 2 fully saturated rings. The summed E-state index contributed by atoms with van der Waals surface area (Å²) in [5.74, 6) is 3.01. The fourth-order valence-electron chi connectivity index (χ4n) is 7.61. The summed E-state index contributed by atoms with van der Waals surface area (Å²) in [4.78, 5) is 4.41. The lowest BCUT2D eigenvalue weighted by Crippen LogP contribution is -2.49. The molecule has 0 spiro atoms. The van der Waals surface area contributed by atoms with Gasteiger partial charge in [-0.1, -0.05) is 57.9 Å². The number of hydrogen-bond acceptors (Lipinski definition) is 4. The topological polar surface area (TPSA) is 31.4 Å². The highest BCUT2D eigenvalue weighted by molar-refractivity contribution is 14.1. The second kappa shape index (κ2) is 10.8. The van der Waals surface area contributed by atoms with Gasteiger partial charge < -0.3 is 4.10 Å². The highest BCUT2D eigenvalue weighted by atomic mass is 127. The van der Waals surface area contributed by atoms with E-state index in [1.54, 1.807) is 18.3 Å². The van der Waals surface area contributed by atoms with Crippen LogP contribution in [-0.2, 0) is 8.28 Å². The number of rotatable bonds is 5. The quantitative estimate of drug-likeness (QED) is 0.151. The van der Waals surface area contributed by atoms with Crippen LogP contribution in [0.2, 0.25) is 5.82 Å². The molecule has 1 aromatic heterocycles. The third-order valence-corrected chi connectivity index (χ3v) is 11.3.